The van der Waals surface area contributed by atoms with Crippen molar-refractivity contribution in [3.8, 4) is 28.3 Å². The number of carboxylic acids is 1. The molecule has 12 heteroatoms. The van der Waals surface area contributed by atoms with Crippen molar-refractivity contribution in [2.75, 3.05) is 26.3 Å². The quantitative estimate of drug-likeness (QED) is 0.206. The van der Waals surface area contributed by atoms with Crippen LogP contribution in [0.25, 0.3) is 44.5 Å². The third kappa shape index (κ3) is 5.67. The number of nitrogens with zero attached hydrogens (tertiary/aromatic N) is 4. The fourth-order valence-corrected chi connectivity index (χ4v) is 7.90. The summed E-state index contributed by atoms with van der Waals surface area (Å²) in [6.45, 7) is 1.79. The van der Waals surface area contributed by atoms with Gasteiger partial charge >= 0.3 is 12.3 Å². The van der Waals surface area contributed by atoms with Gasteiger partial charge in [0.1, 0.15) is 17.4 Å². The Kier molecular flexibility index (Phi) is 7.78. The number of aromatic nitrogens is 3. The number of hydrogen-bond donors (Lipinski definition) is 1. The summed E-state index contributed by atoms with van der Waals surface area (Å²) in [7, 11) is 0. The number of aromatic carboxylic acids is 1. The molecule has 1 atom stereocenters. The second kappa shape index (κ2) is 12.2. The molecule has 1 aliphatic carbocycles. The number of carboxylic acid groups (broad SMARTS) is 1. The van der Waals surface area contributed by atoms with Crippen LogP contribution in [0.4, 0.5) is 13.2 Å². The standard InChI is InChI=1S/C37H33F3N4O5/c38-37(39,40)49-23-8-4-7-22(19-23)28-12-9-24-27-20-31(35(45)43-15-17-48-18-16-43)44-33(25(27)10-13-29(24)41-28)32(21-5-2-1-3-6-21)26-11-14-30(36(46)47)42-34(26)44/h4,7-14,19,21,31H,1-3,5-6,15-18,20H2,(H,46,47). The number of morpholine rings is 1. The first-order valence-corrected chi connectivity index (χ1v) is 16.6. The van der Waals surface area contributed by atoms with Crippen molar-refractivity contribution in [1.29, 1.82) is 0 Å². The molecule has 0 radical (unpaired) electrons. The smallest absolute Gasteiger partial charge is 0.477 e. The van der Waals surface area contributed by atoms with Crippen LogP contribution in [0.2, 0.25) is 0 Å². The van der Waals surface area contributed by atoms with Crippen molar-refractivity contribution in [2.45, 2.75) is 56.8 Å². The third-order valence-electron chi connectivity index (χ3n) is 10.0. The van der Waals surface area contributed by atoms with Crippen molar-refractivity contribution in [1.82, 2.24) is 19.4 Å². The molecule has 5 heterocycles. The molecule has 8 rings (SSSR count). The summed E-state index contributed by atoms with van der Waals surface area (Å²) in [4.78, 5) is 37.9. The molecule has 2 fully saturated rings. The Labute approximate surface area is 279 Å². The first-order valence-electron chi connectivity index (χ1n) is 16.6. The number of rotatable bonds is 5. The normalized spacial score (nSPS) is 18.3. The van der Waals surface area contributed by atoms with E-state index in [4.69, 9.17) is 9.72 Å². The van der Waals surface area contributed by atoms with Gasteiger partial charge in [-0.3, -0.25) is 4.79 Å². The van der Waals surface area contributed by atoms with Crippen LogP contribution in [-0.2, 0) is 16.0 Å². The number of amides is 1. The first kappa shape index (κ1) is 31.3. The van der Waals surface area contributed by atoms with Gasteiger partial charge in [0.05, 0.1) is 30.1 Å². The number of pyridine rings is 2. The molecule has 2 aromatic carbocycles. The van der Waals surface area contributed by atoms with E-state index in [0.717, 1.165) is 65.3 Å². The maximum absolute atomic E-state index is 14.5. The largest absolute Gasteiger partial charge is 0.573 e. The zero-order chi connectivity index (χ0) is 33.9. The van der Waals surface area contributed by atoms with Crippen LogP contribution < -0.4 is 4.74 Å². The van der Waals surface area contributed by atoms with Gasteiger partial charge in [0.15, 0.2) is 5.69 Å². The second-order valence-electron chi connectivity index (χ2n) is 12.9. The summed E-state index contributed by atoms with van der Waals surface area (Å²) in [6, 6.07) is 16.0. The number of ether oxygens (including phenoxy) is 2. The molecule has 1 amide bonds. The summed E-state index contributed by atoms with van der Waals surface area (Å²) < 4.78 is 50.4. The highest BCUT2D eigenvalue weighted by Gasteiger charge is 2.39. The molecule has 9 nitrogen and oxygen atoms in total. The van der Waals surface area contributed by atoms with Gasteiger partial charge in [0.2, 0.25) is 5.91 Å². The van der Waals surface area contributed by atoms with Gasteiger partial charge < -0.3 is 24.0 Å². The topological polar surface area (TPSA) is 107 Å². The SMILES string of the molecule is O=C(O)c1ccc2c(C3CCCCC3)c3n(c2n1)C(C(=O)N1CCOCC1)Cc1c-3ccc2nc(-c3cccc(OC(F)(F)F)c3)ccc12. The minimum absolute atomic E-state index is 0.0760. The van der Waals surface area contributed by atoms with E-state index in [1.807, 2.05) is 33.7 Å². The van der Waals surface area contributed by atoms with Gasteiger partial charge in [-0.2, -0.15) is 0 Å². The van der Waals surface area contributed by atoms with Gasteiger partial charge in [-0.1, -0.05) is 43.5 Å². The molecule has 3 aliphatic rings. The summed E-state index contributed by atoms with van der Waals surface area (Å²) >= 11 is 0. The fourth-order valence-electron chi connectivity index (χ4n) is 7.90. The zero-order valence-corrected chi connectivity index (χ0v) is 26.5. The lowest BCUT2D eigenvalue weighted by Gasteiger charge is -2.35. The van der Waals surface area contributed by atoms with Crippen LogP contribution in [0.15, 0.2) is 60.7 Å². The average molecular weight is 671 g/mol. The number of carbonyl (C=O) groups is 2. The fraction of sp³-hybridized carbons (Fsp3) is 0.351. The molecule has 1 saturated heterocycles. The summed E-state index contributed by atoms with van der Waals surface area (Å²) in [5.41, 5.74) is 5.92. The van der Waals surface area contributed by atoms with Crippen molar-refractivity contribution in [3.63, 3.8) is 0 Å². The Morgan fingerprint density at radius 2 is 1.69 bits per heavy atom. The van der Waals surface area contributed by atoms with Crippen molar-refractivity contribution in [2.24, 2.45) is 0 Å². The summed E-state index contributed by atoms with van der Waals surface area (Å²) in [6.07, 6.45) is 0.816. The van der Waals surface area contributed by atoms with Gasteiger partial charge in [-0.15, -0.1) is 13.2 Å². The molecule has 5 aromatic rings. The van der Waals surface area contributed by atoms with E-state index in [1.165, 1.54) is 18.2 Å². The number of fused-ring (bicyclic) bond motifs is 7. The van der Waals surface area contributed by atoms with Crippen LogP contribution >= 0.6 is 0 Å². The maximum atomic E-state index is 14.5. The lowest BCUT2D eigenvalue weighted by atomic mass is 9.80. The highest BCUT2D eigenvalue weighted by Crippen LogP contribution is 2.50. The lowest BCUT2D eigenvalue weighted by Crippen LogP contribution is -2.45. The van der Waals surface area contributed by atoms with E-state index in [9.17, 15) is 27.9 Å². The van der Waals surface area contributed by atoms with E-state index in [1.54, 1.807) is 18.2 Å². The van der Waals surface area contributed by atoms with Crippen molar-refractivity contribution < 1.29 is 37.3 Å². The maximum Gasteiger partial charge on any atom is 0.573 e. The Hall–Kier alpha value is -4.97. The minimum atomic E-state index is -4.81. The zero-order valence-electron chi connectivity index (χ0n) is 26.5. The average Bonchev–Trinajstić information content (AvgIpc) is 3.45. The lowest BCUT2D eigenvalue weighted by molar-refractivity contribution is -0.274. The van der Waals surface area contributed by atoms with Crippen LogP contribution in [-0.4, -0.2) is 69.1 Å². The highest BCUT2D eigenvalue weighted by molar-refractivity contribution is 6.00. The van der Waals surface area contributed by atoms with Gasteiger partial charge in [0.25, 0.3) is 0 Å². The molecule has 1 N–H and O–H groups in total. The predicted molar refractivity (Wildman–Crippen MR) is 176 cm³/mol. The van der Waals surface area contributed by atoms with E-state index < -0.39 is 18.4 Å². The van der Waals surface area contributed by atoms with Gasteiger partial charge in [-0.25, -0.2) is 14.8 Å². The van der Waals surface area contributed by atoms with Gasteiger partial charge in [-0.05, 0) is 66.3 Å². The molecule has 0 bridgehead atoms. The van der Waals surface area contributed by atoms with E-state index in [-0.39, 0.29) is 23.3 Å². The first-order chi connectivity index (χ1) is 23.7. The number of alkyl halides is 3. The molecule has 252 valence electrons. The van der Waals surface area contributed by atoms with Gasteiger partial charge in [0, 0.05) is 41.4 Å². The Morgan fingerprint density at radius 3 is 2.45 bits per heavy atom. The molecule has 0 spiro atoms. The summed E-state index contributed by atoms with van der Waals surface area (Å²) in [5.74, 6) is -1.32. The van der Waals surface area contributed by atoms with Crippen LogP contribution in [0.3, 0.4) is 0 Å². The van der Waals surface area contributed by atoms with Crippen LogP contribution in [0, 0.1) is 0 Å². The number of carbonyl (C=O) groups excluding carboxylic acids is 1. The molecular weight excluding hydrogens is 637 g/mol. The molecule has 49 heavy (non-hydrogen) atoms. The predicted octanol–water partition coefficient (Wildman–Crippen LogP) is 7.52. The number of halogens is 3. The van der Waals surface area contributed by atoms with Crippen molar-refractivity contribution >= 4 is 33.8 Å². The Balaban J connectivity index is 1.33. The van der Waals surface area contributed by atoms with Crippen LogP contribution in [0.1, 0.15) is 65.7 Å². The molecule has 3 aromatic heterocycles. The van der Waals surface area contributed by atoms with Crippen LogP contribution in [0.5, 0.6) is 5.75 Å². The summed E-state index contributed by atoms with van der Waals surface area (Å²) in [5, 5.41) is 11.6. The minimum Gasteiger partial charge on any atom is -0.477 e. The Bertz CT molecular complexity index is 2120. The van der Waals surface area contributed by atoms with E-state index >= 15 is 0 Å². The molecule has 1 unspecified atom stereocenters. The van der Waals surface area contributed by atoms with Crippen molar-refractivity contribution in [3.05, 3.63) is 77.5 Å². The monoisotopic (exact) mass is 670 g/mol. The Morgan fingerprint density at radius 1 is 0.918 bits per heavy atom. The molecular formula is C37H33F3N4O5. The molecule has 2 aliphatic heterocycles. The number of benzene rings is 2. The highest BCUT2D eigenvalue weighted by atomic mass is 19.4. The number of hydrogen-bond acceptors (Lipinski definition) is 6. The van der Waals surface area contributed by atoms with E-state index in [2.05, 4.69) is 9.72 Å². The van der Waals surface area contributed by atoms with E-state index in [0.29, 0.717) is 55.1 Å². The molecule has 1 saturated carbocycles. The second-order valence-corrected chi connectivity index (χ2v) is 12.9. The third-order valence-corrected chi connectivity index (χ3v) is 10.0.